The van der Waals surface area contributed by atoms with Crippen LogP contribution in [-0.2, 0) is 60.8 Å². The third-order valence-corrected chi connectivity index (χ3v) is 29.6. The van der Waals surface area contributed by atoms with Gasteiger partial charge in [-0.15, -0.1) is 0 Å². The van der Waals surface area contributed by atoms with E-state index in [0.717, 1.165) is 142 Å². The molecule has 3 spiro atoms. The molecule has 4 aromatic heterocycles. The quantitative estimate of drug-likeness (QED) is 0.165. The first-order valence-corrected chi connectivity index (χ1v) is 49.2. The van der Waals surface area contributed by atoms with Gasteiger partial charge in [0.05, 0.1) is 74.1 Å². The summed E-state index contributed by atoms with van der Waals surface area (Å²) in [5.74, 6) is 2.51. The van der Waals surface area contributed by atoms with Crippen molar-refractivity contribution in [2.24, 2.45) is 17.8 Å². The third-order valence-electron chi connectivity index (χ3n) is 29.6. The highest BCUT2D eigenvalue weighted by Crippen LogP contribution is 2.47. The summed E-state index contributed by atoms with van der Waals surface area (Å²) in [7, 11) is 0. The number of fused-ring (bicyclic) bond motifs is 7. The maximum absolute atomic E-state index is 5.74. The summed E-state index contributed by atoms with van der Waals surface area (Å²) in [5, 5.41) is 0. The lowest BCUT2D eigenvalue weighted by Crippen LogP contribution is -2.63. The normalized spacial score (nSPS) is 26.9. The molecular formula is C105H180N14O6. The fraction of sp³-hybridized carbons (Fsp3) is 0.810. The van der Waals surface area contributed by atoms with Crippen molar-refractivity contribution >= 4 is 17.1 Å². The molecule has 16 aliphatic heterocycles. The summed E-state index contributed by atoms with van der Waals surface area (Å²) in [6, 6.07) is 13.4. The van der Waals surface area contributed by atoms with Crippen molar-refractivity contribution in [1.29, 1.82) is 0 Å². The van der Waals surface area contributed by atoms with Crippen molar-refractivity contribution in [3.63, 3.8) is 0 Å². The highest BCUT2D eigenvalue weighted by atomic mass is 16.5. The zero-order valence-electron chi connectivity index (χ0n) is 85.1. The second kappa shape index (κ2) is 40.5. The Bertz CT molecular complexity index is 3810. The average molecular weight is 1730 g/mol. The lowest BCUT2D eigenvalue weighted by atomic mass is 9.84. The Balaban J connectivity index is 0.000000135. The van der Waals surface area contributed by atoms with Crippen LogP contribution < -0.4 is 14.7 Å². The van der Waals surface area contributed by atoms with Gasteiger partial charge in [-0.2, -0.15) is 0 Å². The number of ether oxygens (including phenoxy) is 6. The van der Waals surface area contributed by atoms with Gasteiger partial charge in [-0.25, -0.2) is 0 Å². The van der Waals surface area contributed by atoms with Crippen LogP contribution in [0.15, 0.2) is 73.6 Å². The van der Waals surface area contributed by atoms with Crippen LogP contribution in [0, 0.1) is 17.8 Å². The first-order chi connectivity index (χ1) is 58.2. The fourth-order valence-electron chi connectivity index (χ4n) is 22.9. The summed E-state index contributed by atoms with van der Waals surface area (Å²) in [4.78, 5) is 42.4. The Morgan fingerprint density at radius 2 is 0.816 bits per heavy atom. The van der Waals surface area contributed by atoms with Crippen molar-refractivity contribution in [2.45, 2.75) is 408 Å². The number of hydrogen-bond donors (Lipinski definition) is 0. The fourth-order valence-corrected chi connectivity index (χ4v) is 22.9. The van der Waals surface area contributed by atoms with E-state index in [4.69, 9.17) is 28.4 Å². The third kappa shape index (κ3) is 25.3. The number of aromatic nitrogens is 4. The van der Waals surface area contributed by atoms with Crippen molar-refractivity contribution < 1.29 is 28.4 Å². The molecule has 20 nitrogen and oxygen atoms in total. The summed E-state index contributed by atoms with van der Waals surface area (Å²) in [6.07, 6.45) is 31.6. The van der Waals surface area contributed by atoms with Crippen LogP contribution in [0.3, 0.4) is 0 Å². The Hall–Kier alpha value is -4.52. The minimum Gasteiger partial charge on any atom is -0.381 e. The Morgan fingerprint density at radius 3 is 1.32 bits per heavy atom. The number of nitrogens with zero attached hydrogens (tertiary/aromatic N) is 14. The molecule has 0 bridgehead atoms. The molecule has 20 heterocycles. The molecule has 20 heteroatoms. The van der Waals surface area contributed by atoms with E-state index in [0.29, 0.717) is 56.8 Å². The van der Waals surface area contributed by atoms with Crippen LogP contribution >= 0.6 is 0 Å². The molecular weight excluding hydrogens is 1550 g/mol. The number of anilines is 3. The van der Waals surface area contributed by atoms with Crippen LogP contribution in [0.1, 0.15) is 313 Å². The number of rotatable bonds is 0. The first-order valence-electron chi connectivity index (χ1n) is 49.2. The van der Waals surface area contributed by atoms with E-state index in [2.05, 4.69) is 301 Å². The molecule has 3 unspecified atom stereocenters. The van der Waals surface area contributed by atoms with Gasteiger partial charge in [0.15, 0.2) is 0 Å². The van der Waals surface area contributed by atoms with Crippen LogP contribution in [-0.4, -0.2) is 270 Å². The van der Waals surface area contributed by atoms with Crippen LogP contribution in [0.25, 0.3) is 0 Å². The highest BCUT2D eigenvalue weighted by Gasteiger charge is 2.53. The molecule has 0 aromatic carbocycles. The topological polar surface area (TPSA) is 139 Å². The van der Waals surface area contributed by atoms with Crippen LogP contribution in [0.2, 0.25) is 0 Å². The molecule has 0 amide bonds. The van der Waals surface area contributed by atoms with E-state index in [9.17, 15) is 0 Å². The summed E-state index contributed by atoms with van der Waals surface area (Å²) in [6.45, 7) is 90.9. The standard InChI is InChI=1S/C12H23NO.4C11H16N2.C11H21NO.2C10H19NO.2C9H17NO/c1-11(2,3)13-8-4-5-12(13)6-9-14-10-7-12;1-11(2,3)13-7-5-9-8-12-6-4-10(9)13;1-11(2,3)13-7-5-9-4-6-12-8-10(9)13;1-11(2,3)13-8-6-9-10(13)5-4-7-12-9;1-11(2,3)13-7-9-5-4-6-12-10(9)8-13;1-10(2,3)12-7-4-5-11(12)6-8-13-9-11;1-10(2,3)11-6-4-8-5-7-12-9(8)11;1-9(2,3)11-6-4-5-10(11)7-12-8-10;1-9(2,3)10-4-7-5-11-6-8(7)10;1-9(2,3)10-5-4-7-6-11-8(7)10/h4-10H2,1-3H3;2*4,6,8H,5,7H2,1-3H3;4-5,7H,6,8H2,1-3H3;4-6H,7-8H2,1-3H3;4-9H2,1-3H3;8-9H,4-7H2,1-3H3;4-8H2,1-3H3;2*7-8H,4-6H2,1-3H3/t;;;;;;8-,9+;;;7-,8+/m......1..1/s1. The van der Waals surface area contributed by atoms with E-state index in [1.54, 1.807) is 0 Å². The van der Waals surface area contributed by atoms with E-state index < -0.39 is 0 Å². The number of likely N-dealkylation sites (tertiary alicyclic amines) is 6. The average Bonchev–Trinajstić information content (AvgIpc) is 1.75. The Kier molecular flexibility index (Phi) is 32.7. The van der Waals surface area contributed by atoms with Crippen LogP contribution in [0.5, 0.6) is 0 Å². The molecule has 16 aliphatic rings. The molecule has 7 atom stereocenters. The Morgan fingerprint density at radius 1 is 0.328 bits per heavy atom. The zero-order chi connectivity index (χ0) is 91.4. The lowest BCUT2D eigenvalue weighted by molar-refractivity contribution is -0.179. The monoisotopic (exact) mass is 1730 g/mol. The summed E-state index contributed by atoms with van der Waals surface area (Å²) < 4.78 is 33.1. The predicted octanol–water partition coefficient (Wildman–Crippen LogP) is 19.5. The van der Waals surface area contributed by atoms with Gasteiger partial charge in [-0.05, 0) is 364 Å². The number of pyridine rings is 4. The molecule has 0 aliphatic carbocycles. The van der Waals surface area contributed by atoms with Crippen molar-refractivity contribution in [3.05, 3.63) is 102 Å². The van der Waals surface area contributed by atoms with Gasteiger partial charge in [-0.1, -0.05) is 6.07 Å². The first kappa shape index (κ1) is 101. The molecule has 12 saturated heterocycles. The van der Waals surface area contributed by atoms with Crippen LogP contribution in [0.4, 0.5) is 17.1 Å². The van der Waals surface area contributed by atoms with Gasteiger partial charge in [0, 0.05) is 212 Å². The summed E-state index contributed by atoms with van der Waals surface area (Å²) >= 11 is 0. The van der Waals surface area contributed by atoms with Crippen molar-refractivity contribution in [2.75, 3.05) is 140 Å². The van der Waals surface area contributed by atoms with Gasteiger partial charge in [0.25, 0.3) is 0 Å². The van der Waals surface area contributed by atoms with E-state index >= 15 is 0 Å². The molecule has 20 rings (SSSR count). The largest absolute Gasteiger partial charge is 0.381 e. The maximum Gasteiger partial charge on any atom is 0.116 e. The van der Waals surface area contributed by atoms with E-state index in [1.807, 2.05) is 49.3 Å². The molecule has 0 saturated carbocycles. The molecule has 0 N–H and O–H groups in total. The zero-order valence-corrected chi connectivity index (χ0v) is 85.1. The minimum atomic E-state index is 0.217. The predicted molar refractivity (Wildman–Crippen MR) is 518 cm³/mol. The molecule has 706 valence electrons. The molecule has 12 fully saturated rings. The van der Waals surface area contributed by atoms with E-state index in [1.165, 1.54) is 161 Å². The van der Waals surface area contributed by atoms with Gasteiger partial charge < -0.3 is 43.1 Å². The second-order valence-electron chi connectivity index (χ2n) is 49.0. The maximum atomic E-state index is 5.74. The van der Waals surface area contributed by atoms with Gasteiger partial charge in [-0.3, -0.25) is 54.2 Å². The van der Waals surface area contributed by atoms with Crippen molar-refractivity contribution in [1.82, 2.24) is 54.2 Å². The molecule has 4 aromatic rings. The minimum absolute atomic E-state index is 0.217. The molecule has 125 heavy (non-hydrogen) atoms. The number of hydrogen-bond acceptors (Lipinski definition) is 20. The lowest BCUT2D eigenvalue weighted by Gasteiger charge is -2.51. The smallest absolute Gasteiger partial charge is 0.116 e. The SMILES string of the molecule is CC(C)(C)N1CC2COCC21.CC(C)(C)N1CCCC12CCOC2.CC(C)(C)N1CCCC12CCOCC2.CC(C)(C)N1CCCC12COC2.CC(C)(C)N1CC[C@@H]2CCO[C@@H]21.CC(C)(C)N1CC[C@@H]2CO[C@@H]21.CC(C)(C)N1CCc2ccncc21.CC(C)(C)N1CCc2cnccc21.CC(C)(C)N1CCc2ncccc21.CC(C)(C)N1Cc2cccnc2C1. The van der Waals surface area contributed by atoms with E-state index in [-0.39, 0.29) is 27.7 Å². The van der Waals surface area contributed by atoms with Gasteiger partial charge in [0.2, 0.25) is 0 Å². The van der Waals surface area contributed by atoms with Crippen molar-refractivity contribution in [3.8, 4) is 0 Å². The summed E-state index contributed by atoms with van der Waals surface area (Å²) in [5.41, 5.74) is 14.8. The molecule has 0 radical (unpaired) electrons. The Labute approximate surface area is 762 Å². The van der Waals surface area contributed by atoms with Gasteiger partial charge >= 0.3 is 0 Å². The second-order valence-corrected chi connectivity index (χ2v) is 49.0. The highest BCUT2D eigenvalue weighted by molar-refractivity contribution is 5.59. The van der Waals surface area contributed by atoms with Gasteiger partial charge in [0.1, 0.15) is 12.5 Å².